The summed E-state index contributed by atoms with van der Waals surface area (Å²) in [6.07, 6.45) is 8.93. The summed E-state index contributed by atoms with van der Waals surface area (Å²) in [5, 5.41) is 11.1. The van der Waals surface area contributed by atoms with E-state index in [1.807, 2.05) is 0 Å². The first kappa shape index (κ1) is 22.1. The molecule has 1 aromatic heterocycles. The van der Waals surface area contributed by atoms with Crippen molar-refractivity contribution in [3.63, 3.8) is 0 Å². The van der Waals surface area contributed by atoms with Gasteiger partial charge in [-0.05, 0) is 74.3 Å². The first-order valence-corrected chi connectivity index (χ1v) is 11.1. The Morgan fingerprint density at radius 2 is 2.21 bits per heavy atom. The maximum atomic E-state index is 12.7. The highest BCUT2D eigenvalue weighted by Crippen LogP contribution is 2.62. The van der Waals surface area contributed by atoms with Crippen molar-refractivity contribution in [3.05, 3.63) is 35.8 Å². The van der Waals surface area contributed by atoms with Gasteiger partial charge in [0.25, 0.3) is 0 Å². The highest BCUT2D eigenvalue weighted by atomic mass is 16.5. The molecule has 5 heteroatoms. The Morgan fingerprint density at radius 3 is 2.93 bits per heavy atom. The number of aliphatic hydroxyl groups is 1. The third-order valence-corrected chi connectivity index (χ3v) is 7.87. The van der Waals surface area contributed by atoms with Gasteiger partial charge < -0.3 is 19.6 Å². The summed E-state index contributed by atoms with van der Waals surface area (Å²) in [4.78, 5) is 12.7. The van der Waals surface area contributed by atoms with Crippen molar-refractivity contribution >= 4 is 5.97 Å². The van der Waals surface area contributed by atoms with Crippen LogP contribution >= 0.6 is 0 Å². The number of hydrogen-bond donors (Lipinski definition) is 2. The lowest BCUT2D eigenvalue weighted by Gasteiger charge is -2.57. The lowest BCUT2D eigenvalue weighted by atomic mass is 9.46. The Kier molecular flexibility index (Phi) is 6.90. The molecule has 162 valence electrons. The molecule has 0 radical (unpaired) electrons. The minimum Gasteiger partial charge on any atom is -0.469 e. The van der Waals surface area contributed by atoms with E-state index in [4.69, 9.17) is 14.3 Å². The van der Waals surface area contributed by atoms with Gasteiger partial charge in [0, 0.05) is 0 Å². The fourth-order valence-electron chi connectivity index (χ4n) is 6.35. The van der Waals surface area contributed by atoms with Gasteiger partial charge in [-0.3, -0.25) is 4.79 Å². The number of fused-ring (bicyclic) bond motifs is 1. The van der Waals surface area contributed by atoms with Gasteiger partial charge in [0.2, 0.25) is 0 Å². The maximum absolute atomic E-state index is 12.7. The number of aliphatic hydroxyl groups excluding tert-OH is 1. The summed E-state index contributed by atoms with van der Waals surface area (Å²) in [5.74, 6) is 1.71. The van der Waals surface area contributed by atoms with Gasteiger partial charge in [-0.15, -0.1) is 0 Å². The van der Waals surface area contributed by atoms with E-state index in [2.05, 4.69) is 31.8 Å². The van der Waals surface area contributed by atoms with Gasteiger partial charge in [-0.25, -0.2) is 0 Å². The van der Waals surface area contributed by atoms with E-state index >= 15 is 0 Å². The number of hydrogen-bond acceptors (Lipinski definition) is 4. The topological polar surface area (TPSA) is 76.3 Å². The molecule has 2 fully saturated rings. The summed E-state index contributed by atoms with van der Waals surface area (Å²) in [5.41, 5.74) is 2.29. The zero-order valence-corrected chi connectivity index (χ0v) is 18.3. The minimum absolute atomic E-state index is 0.0452. The van der Waals surface area contributed by atoms with Crippen LogP contribution in [0.1, 0.15) is 63.7 Å². The zero-order chi connectivity index (χ0) is 21.1. The van der Waals surface area contributed by atoms with Crippen molar-refractivity contribution in [1.29, 1.82) is 0 Å². The van der Waals surface area contributed by atoms with E-state index in [1.165, 1.54) is 18.2 Å². The maximum Gasteiger partial charge on any atom is 0.311 e. The lowest BCUT2D eigenvalue weighted by Crippen LogP contribution is -2.83. The fourth-order valence-corrected chi connectivity index (χ4v) is 6.35. The van der Waals surface area contributed by atoms with Crippen LogP contribution in [0.3, 0.4) is 0 Å². The number of quaternary nitrogens is 1. The molecule has 4 atom stereocenters. The third kappa shape index (κ3) is 4.17. The number of rotatable bonds is 8. The molecule has 2 aliphatic rings. The van der Waals surface area contributed by atoms with E-state index in [-0.39, 0.29) is 23.4 Å². The molecule has 0 amide bonds. The van der Waals surface area contributed by atoms with Crippen molar-refractivity contribution in [1.82, 2.24) is 0 Å². The van der Waals surface area contributed by atoms with Gasteiger partial charge in [0.15, 0.2) is 5.76 Å². The van der Waals surface area contributed by atoms with Gasteiger partial charge >= 0.3 is 5.97 Å². The van der Waals surface area contributed by atoms with Gasteiger partial charge in [-0.2, -0.15) is 0 Å². The van der Waals surface area contributed by atoms with Crippen molar-refractivity contribution < 1.29 is 24.4 Å². The Balaban J connectivity index is 1.76. The molecular formula is C24H38NO4+. The van der Waals surface area contributed by atoms with E-state index < -0.39 is 0 Å². The summed E-state index contributed by atoms with van der Waals surface area (Å²) >= 11 is 0. The average molecular weight is 405 g/mol. The van der Waals surface area contributed by atoms with Crippen LogP contribution in [0.4, 0.5) is 0 Å². The molecule has 1 heterocycles. The summed E-state index contributed by atoms with van der Waals surface area (Å²) in [6, 6.07) is 2.08. The van der Waals surface area contributed by atoms with Crippen LogP contribution in [-0.2, 0) is 22.5 Å². The van der Waals surface area contributed by atoms with Gasteiger partial charge in [0.1, 0.15) is 6.54 Å². The van der Waals surface area contributed by atoms with E-state index in [0.717, 1.165) is 57.3 Å². The molecule has 0 spiro atoms. The predicted octanol–water partition coefficient (Wildman–Crippen LogP) is 3.22. The summed E-state index contributed by atoms with van der Waals surface area (Å²) in [7, 11) is 1.52. The molecule has 0 bridgehead atoms. The van der Waals surface area contributed by atoms with Crippen LogP contribution in [0.2, 0.25) is 0 Å². The normalized spacial score (nSPS) is 32.1. The first-order chi connectivity index (χ1) is 13.9. The quantitative estimate of drug-likeness (QED) is 0.396. The Labute approximate surface area is 174 Å². The van der Waals surface area contributed by atoms with Crippen LogP contribution in [0.15, 0.2) is 28.9 Å². The average Bonchev–Trinajstić information content (AvgIpc) is 3.14. The largest absolute Gasteiger partial charge is 0.469 e. The molecule has 0 saturated heterocycles. The Morgan fingerprint density at radius 1 is 1.41 bits per heavy atom. The number of ether oxygens (including phenoxy) is 1. The monoisotopic (exact) mass is 404 g/mol. The zero-order valence-electron chi connectivity index (χ0n) is 18.3. The number of aryl methyl sites for hydroxylation is 1. The number of nitrogens with two attached hydrogens (primary N) is 1. The van der Waals surface area contributed by atoms with E-state index in [1.54, 1.807) is 6.26 Å². The SMILES string of the molecule is C=C1CC[C@@H]2[C@@](C)(CCC[C@@]2(C)C(=O)OC)[C@H]1CCc1ccoc1C[NH2+]CCO. The second kappa shape index (κ2) is 9.05. The minimum atomic E-state index is -0.388. The number of allylic oxidation sites excluding steroid dienone is 1. The molecule has 2 saturated carbocycles. The van der Waals surface area contributed by atoms with Crippen molar-refractivity contribution in [2.45, 2.75) is 65.3 Å². The Bertz CT molecular complexity index is 726. The number of methoxy groups -OCH3 is 1. The molecule has 0 aromatic carbocycles. The van der Waals surface area contributed by atoms with Crippen molar-refractivity contribution in [2.75, 3.05) is 20.3 Å². The molecule has 0 unspecified atom stereocenters. The third-order valence-electron chi connectivity index (χ3n) is 7.87. The molecule has 2 aliphatic carbocycles. The van der Waals surface area contributed by atoms with Crippen LogP contribution in [0, 0.1) is 22.7 Å². The van der Waals surface area contributed by atoms with Crippen LogP contribution in [-0.4, -0.2) is 31.3 Å². The van der Waals surface area contributed by atoms with E-state index in [9.17, 15) is 4.79 Å². The fraction of sp³-hybridized carbons (Fsp3) is 0.708. The highest BCUT2D eigenvalue weighted by molar-refractivity contribution is 5.77. The van der Waals surface area contributed by atoms with Gasteiger partial charge in [-0.1, -0.05) is 25.5 Å². The predicted molar refractivity (Wildman–Crippen MR) is 112 cm³/mol. The molecule has 0 aliphatic heterocycles. The molecule has 1 aromatic rings. The molecular weight excluding hydrogens is 366 g/mol. The smallest absolute Gasteiger partial charge is 0.311 e. The number of carbonyl (C=O) groups excluding carboxylic acids is 1. The molecule has 3 rings (SSSR count). The summed E-state index contributed by atoms with van der Waals surface area (Å²) < 4.78 is 10.9. The lowest BCUT2D eigenvalue weighted by molar-refractivity contribution is -0.673. The highest BCUT2D eigenvalue weighted by Gasteiger charge is 2.57. The van der Waals surface area contributed by atoms with Crippen LogP contribution in [0.25, 0.3) is 0 Å². The second-order valence-corrected chi connectivity index (χ2v) is 9.48. The number of carbonyl (C=O) groups is 1. The molecule has 3 N–H and O–H groups in total. The van der Waals surface area contributed by atoms with E-state index in [0.29, 0.717) is 18.4 Å². The standard InChI is InChI=1S/C24H37NO4/c1-17-6-9-21-23(2,11-5-12-24(21,3)22(27)28-4)19(17)8-7-18-10-15-29-20(18)16-25-13-14-26/h10,15,19,21,25-26H,1,5-9,11-14,16H2,2-4H3/p+1/t19-,21+,23-,24+/m0/s1. The number of furan rings is 1. The Hall–Kier alpha value is -1.59. The number of esters is 1. The van der Waals surface area contributed by atoms with Crippen LogP contribution < -0.4 is 5.32 Å². The van der Waals surface area contributed by atoms with Gasteiger partial charge in [0.05, 0.1) is 31.9 Å². The van der Waals surface area contributed by atoms with Crippen molar-refractivity contribution in [2.24, 2.45) is 22.7 Å². The molecule has 29 heavy (non-hydrogen) atoms. The second-order valence-electron chi connectivity index (χ2n) is 9.48. The summed E-state index contributed by atoms with van der Waals surface area (Å²) in [6.45, 7) is 10.6. The van der Waals surface area contributed by atoms with Crippen molar-refractivity contribution in [3.8, 4) is 0 Å². The van der Waals surface area contributed by atoms with Crippen LogP contribution in [0.5, 0.6) is 0 Å². The molecule has 5 nitrogen and oxygen atoms in total. The first-order valence-electron chi connectivity index (χ1n) is 11.1.